The monoisotopic (exact) mass is 532 g/mol. The van der Waals surface area contributed by atoms with Gasteiger partial charge in [-0.3, -0.25) is 9.59 Å². The molecule has 1 aliphatic heterocycles. The summed E-state index contributed by atoms with van der Waals surface area (Å²) in [6.07, 6.45) is -3.42. The number of carbonyl (C=O) groups excluding carboxylic acids is 3. The van der Waals surface area contributed by atoms with Crippen molar-refractivity contribution >= 4 is 41.0 Å². The van der Waals surface area contributed by atoms with Crippen LogP contribution in [0, 0.1) is 0 Å². The number of benzene rings is 2. The Hall–Kier alpha value is -4.12. The molecule has 0 radical (unpaired) electrons. The van der Waals surface area contributed by atoms with Crippen LogP contribution in [0.3, 0.4) is 0 Å². The third-order valence-electron chi connectivity index (χ3n) is 5.68. The second-order valence-electron chi connectivity index (χ2n) is 8.59. The first-order valence-corrected chi connectivity index (χ1v) is 11.3. The molecule has 1 saturated heterocycles. The van der Waals surface area contributed by atoms with Crippen LogP contribution in [0.25, 0.3) is 0 Å². The molecule has 3 aromatic rings. The van der Waals surface area contributed by atoms with Crippen LogP contribution in [0.2, 0.25) is 5.02 Å². The van der Waals surface area contributed by atoms with Crippen LogP contribution in [0.5, 0.6) is 5.75 Å². The molecule has 0 spiro atoms. The molecule has 1 fully saturated rings. The summed E-state index contributed by atoms with van der Waals surface area (Å²) in [7, 11) is 0. The highest BCUT2D eigenvalue weighted by Crippen LogP contribution is 2.34. The molecule has 2 aromatic carbocycles. The Kier molecular flexibility index (Phi) is 6.83. The number of ether oxygens (including phenoxy) is 1. The molecule has 4 rings (SSSR count). The van der Waals surface area contributed by atoms with Crippen molar-refractivity contribution < 1.29 is 32.3 Å². The Bertz CT molecular complexity index is 1360. The molecule has 1 N–H and O–H groups in total. The quantitative estimate of drug-likeness (QED) is 0.415. The summed E-state index contributed by atoms with van der Waals surface area (Å²) in [6, 6.07) is 13.5. The number of halogens is 4. The minimum absolute atomic E-state index is 0.000819. The van der Waals surface area contributed by atoms with Crippen molar-refractivity contribution in [3.8, 4) is 5.75 Å². The second-order valence-corrected chi connectivity index (χ2v) is 9.00. The van der Waals surface area contributed by atoms with E-state index in [1.54, 1.807) is 50.2 Å². The number of hydrogen-bond acceptors (Lipinski definition) is 5. The van der Waals surface area contributed by atoms with Gasteiger partial charge < -0.3 is 15.0 Å². The summed E-state index contributed by atoms with van der Waals surface area (Å²) in [5.74, 6) is -1.28. The van der Waals surface area contributed by atoms with E-state index in [9.17, 15) is 27.6 Å². The number of imide groups is 1. The summed E-state index contributed by atoms with van der Waals surface area (Å²) in [4.78, 5) is 45.3. The largest absolute Gasteiger partial charge is 0.573 e. The minimum Gasteiger partial charge on any atom is -0.406 e. The number of alkyl halides is 3. The average Bonchev–Trinajstić information content (AvgIpc) is 2.98. The number of rotatable bonds is 6. The number of anilines is 2. The lowest BCUT2D eigenvalue weighted by Gasteiger charge is -2.27. The van der Waals surface area contributed by atoms with E-state index in [-0.39, 0.29) is 28.6 Å². The number of urea groups is 1. The summed E-state index contributed by atoms with van der Waals surface area (Å²) < 4.78 is 41.2. The molecule has 4 amide bonds. The highest BCUT2D eigenvalue weighted by atomic mass is 35.5. The summed E-state index contributed by atoms with van der Waals surface area (Å²) >= 11 is 6.07. The molecule has 12 heteroatoms. The van der Waals surface area contributed by atoms with Crippen molar-refractivity contribution in [3.63, 3.8) is 0 Å². The number of hydrogen-bond donors (Lipinski definition) is 1. The molecule has 192 valence electrons. The third-order valence-corrected chi connectivity index (χ3v) is 6.01. The smallest absolute Gasteiger partial charge is 0.406 e. The zero-order chi connectivity index (χ0) is 27.0. The highest BCUT2D eigenvalue weighted by Gasteiger charge is 2.51. The normalized spacial score (nSPS) is 15.2. The maximum absolute atomic E-state index is 13.3. The van der Waals surface area contributed by atoms with Gasteiger partial charge >= 0.3 is 12.4 Å². The van der Waals surface area contributed by atoms with Gasteiger partial charge in [-0.15, -0.1) is 13.2 Å². The van der Waals surface area contributed by atoms with Gasteiger partial charge in [0.15, 0.2) is 0 Å². The predicted octanol–water partition coefficient (Wildman–Crippen LogP) is 5.63. The van der Waals surface area contributed by atoms with E-state index in [2.05, 4.69) is 15.0 Å². The van der Waals surface area contributed by atoms with Gasteiger partial charge in [0.05, 0.1) is 16.3 Å². The maximum atomic E-state index is 13.3. The Morgan fingerprint density at radius 3 is 2.41 bits per heavy atom. The van der Waals surface area contributed by atoms with E-state index in [4.69, 9.17) is 11.6 Å². The third kappa shape index (κ3) is 5.51. The Balaban J connectivity index is 1.52. The molecule has 0 atom stereocenters. The van der Waals surface area contributed by atoms with Crippen LogP contribution in [0.4, 0.5) is 29.5 Å². The van der Waals surface area contributed by atoms with Crippen LogP contribution < -0.4 is 15.0 Å². The highest BCUT2D eigenvalue weighted by molar-refractivity contribution is 6.34. The van der Waals surface area contributed by atoms with E-state index in [0.29, 0.717) is 5.56 Å². The lowest BCUT2D eigenvalue weighted by Crippen LogP contribution is -2.43. The van der Waals surface area contributed by atoms with Crippen LogP contribution in [0.15, 0.2) is 66.9 Å². The van der Waals surface area contributed by atoms with Crippen molar-refractivity contribution in [2.75, 3.05) is 10.2 Å². The molecule has 8 nitrogen and oxygen atoms in total. The Morgan fingerprint density at radius 2 is 1.76 bits per heavy atom. The molecular weight excluding hydrogens is 513 g/mol. The molecule has 0 bridgehead atoms. The van der Waals surface area contributed by atoms with Gasteiger partial charge in [-0.2, -0.15) is 0 Å². The van der Waals surface area contributed by atoms with Crippen molar-refractivity contribution in [1.82, 2.24) is 9.88 Å². The first-order valence-electron chi connectivity index (χ1n) is 10.9. The average molecular weight is 533 g/mol. The summed E-state index contributed by atoms with van der Waals surface area (Å²) in [6.45, 7) is 3.13. The number of pyridine rings is 1. The van der Waals surface area contributed by atoms with Gasteiger partial charge in [0, 0.05) is 12.7 Å². The number of aromatic nitrogens is 1. The first-order chi connectivity index (χ1) is 17.4. The minimum atomic E-state index is -4.87. The van der Waals surface area contributed by atoms with E-state index in [0.717, 1.165) is 17.0 Å². The van der Waals surface area contributed by atoms with E-state index in [1.807, 2.05) is 0 Å². The Morgan fingerprint density at radius 1 is 1.08 bits per heavy atom. The van der Waals surface area contributed by atoms with Gasteiger partial charge in [0.25, 0.3) is 11.8 Å². The fourth-order valence-electron chi connectivity index (χ4n) is 3.78. The topological polar surface area (TPSA) is 91.8 Å². The van der Waals surface area contributed by atoms with Crippen molar-refractivity contribution in [1.29, 1.82) is 0 Å². The lowest BCUT2D eigenvalue weighted by molar-refractivity contribution is -0.274. The number of carbonyl (C=O) groups is 3. The van der Waals surface area contributed by atoms with Crippen LogP contribution in [0.1, 0.15) is 29.8 Å². The summed E-state index contributed by atoms with van der Waals surface area (Å²) in [5.41, 5.74) is -0.320. The summed E-state index contributed by atoms with van der Waals surface area (Å²) in [5, 5.41) is 2.93. The number of amides is 4. The molecule has 0 saturated carbocycles. The van der Waals surface area contributed by atoms with Crippen LogP contribution in [-0.2, 0) is 11.3 Å². The zero-order valence-electron chi connectivity index (χ0n) is 19.5. The van der Waals surface area contributed by atoms with Gasteiger partial charge in [-0.25, -0.2) is 14.7 Å². The standard InChI is InChI=1S/C25H20ClF3N4O4/c1-24(2)22(35)33(16-7-9-17(10-8-16)37-25(27,28)29)23(36)32(24)14-15-11-12-30-20(13-15)31-21(34)18-5-3-4-6-19(18)26/h3-13H,14H2,1-2H3,(H,30,31,34). The molecule has 0 unspecified atom stereocenters. The number of nitrogens with zero attached hydrogens (tertiary/aromatic N) is 3. The van der Waals surface area contributed by atoms with Crippen molar-refractivity contribution in [3.05, 3.63) is 83.0 Å². The van der Waals surface area contributed by atoms with E-state index in [1.165, 1.54) is 23.2 Å². The molecule has 2 heterocycles. The predicted molar refractivity (Wildman–Crippen MR) is 129 cm³/mol. The lowest BCUT2D eigenvalue weighted by atomic mass is 10.0. The SMILES string of the molecule is CC1(C)C(=O)N(c2ccc(OC(F)(F)F)cc2)C(=O)N1Cc1ccnc(NC(=O)c2ccccc2Cl)c1. The van der Waals surface area contributed by atoms with Crippen LogP contribution in [-0.4, -0.2) is 39.6 Å². The van der Waals surface area contributed by atoms with Crippen molar-refractivity contribution in [2.45, 2.75) is 32.3 Å². The van der Waals surface area contributed by atoms with Gasteiger partial charge in [0.1, 0.15) is 17.1 Å². The molecular formula is C25H20ClF3N4O4. The van der Waals surface area contributed by atoms with Gasteiger partial charge in [-0.05, 0) is 67.9 Å². The Labute approximate surface area is 214 Å². The second kappa shape index (κ2) is 9.74. The van der Waals surface area contributed by atoms with Gasteiger partial charge in [0.2, 0.25) is 0 Å². The van der Waals surface area contributed by atoms with Crippen LogP contribution >= 0.6 is 11.6 Å². The zero-order valence-corrected chi connectivity index (χ0v) is 20.3. The van der Waals surface area contributed by atoms with Gasteiger partial charge in [-0.1, -0.05) is 23.7 Å². The van der Waals surface area contributed by atoms with E-state index < -0.39 is 35.5 Å². The van der Waals surface area contributed by atoms with Crippen molar-refractivity contribution in [2.24, 2.45) is 0 Å². The number of nitrogens with one attached hydrogen (secondary N) is 1. The maximum Gasteiger partial charge on any atom is 0.573 e. The molecule has 1 aromatic heterocycles. The fraction of sp³-hybridized carbons (Fsp3) is 0.200. The molecule has 0 aliphatic carbocycles. The van der Waals surface area contributed by atoms with E-state index >= 15 is 0 Å². The fourth-order valence-corrected chi connectivity index (χ4v) is 4.00. The first kappa shape index (κ1) is 26.0. The molecule has 37 heavy (non-hydrogen) atoms. The molecule has 1 aliphatic rings.